The predicted molar refractivity (Wildman–Crippen MR) is 79.0 cm³/mol. The number of rotatable bonds is 6. The highest BCUT2D eigenvalue weighted by molar-refractivity contribution is 5.47. The molecule has 1 unspecified atom stereocenters. The molecular weight excluding hydrogens is 220 g/mol. The summed E-state index contributed by atoms with van der Waals surface area (Å²) in [5.74, 6) is 0. The molecule has 0 aliphatic heterocycles. The van der Waals surface area contributed by atoms with E-state index >= 15 is 0 Å². The fourth-order valence-electron chi connectivity index (χ4n) is 2.47. The van der Waals surface area contributed by atoms with Gasteiger partial charge in [-0.05, 0) is 43.4 Å². The first-order chi connectivity index (χ1) is 8.56. The lowest BCUT2D eigenvalue weighted by Gasteiger charge is -2.21. The van der Waals surface area contributed by atoms with Crippen molar-refractivity contribution in [2.24, 2.45) is 5.41 Å². The van der Waals surface area contributed by atoms with E-state index in [1.165, 1.54) is 17.7 Å². The van der Waals surface area contributed by atoms with Crippen LogP contribution in [-0.4, -0.2) is 19.1 Å². The molecule has 1 aliphatic rings. The van der Waals surface area contributed by atoms with E-state index in [0.29, 0.717) is 11.5 Å². The largest absolute Gasteiger partial charge is 0.372 e. The molecule has 1 aromatic rings. The van der Waals surface area contributed by atoms with Gasteiger partial charge in [-0.15, -0.1) is 0 Å². The highest BCUT2D eigenvalue weighted by Crippen LogP contribution is 2.44. The van der Waals surface area contributed by atoms with Crippen molar-refractivity contribution < 1.29 is 0 Å². The van der Waals surface area contributed by atoms with Gasteiger partial charge >= 0.3 is 0 Å². The van der Waals surface area contributed by atoms with E-state index < -0.39 is 0 Å². The van der Waals surface area contributed by atoms with E-state index in [9.17, 15) is 0 Å². The van der Waals surface area contributed by atoms with Gasteiger partial charge in [-0.3, -0.25) is 0 Å². The molecule has 18 heavy (non-hydrogen) atoms. The Hall–Kier alpha value is -1.02. The van der Waals surface area contributed by atoms with Gasteiger partial charge in [-0.2, -0.15) is 0 Å². The summed E-state index contributed by atoms with van der Waals surface area (Å²) in [5, 5.41) is 3.63. The number of benzene rings is 1. The molecule has 2 rings (SSSR count). The van der Waals surface area contributed by atoms with Crippen molar-refractivity contribution in [1.29, 1.82) is 0 Å². The van der Waals surface area contributed by atoms with Crippen LogP contribution in [0.3, 0.4) is 0 Å². The monoisotopic (exact) mass is 246 g/mol. The van der Waals surface area contributed by atoms with E-state index in [0.717, 1.165) is 19.6 Å². The van der Waals surface area contributed by atoms with Gasteiger partial charge in [0.1, 0.15) is 0 Å². The van der Waals surface area contributed by atoms with E-state index in [1.54, 1.807) is 0 Å². The Labute approximate surface area is 111 Å². The summed E-state index contributed by atoms with van der Waals surface area (Å²) < 4.78 is 0. The minimum absolute atomic E-state index is 0.515. The Bertz CT molecular complexity index is 377. The standard InChI is InChI=1S/C16H26N2/c1-5-18(6-2)14-9-7-13(8-10-14)12-17-15-11-16(15,3)4/h7-10,15,17H,5-6,11-12H2,1-4H3. The van der Waals surface area contributed by atoms with Crippen molar-refractivity contribution in [1.82, 2.24) is 5.32 Å². The van der Waals surface area contributed by atoms with Crippen molar-refractivity contribution in [3.8, 4) is 0 Å². The normalized spacial score (nSPS) is 20.8. The maximum atomic E-state index is 3.63. The second kappa shape index (κ2) is 5.31. The minimum atomic E-state index is 0.515. The molecule has 2 heteroatoms. The van der Waals surface area contributed by atoms with Crippen LogP contribution in [0.15, 0.2) is 24.3 Å². The molecule has 1 aromatic carbocycles. The van der Waals surface area contributed by atoms with Gasteiger partial charge in [0.25, 0.3) is 0 Å². The van der Waals surface area contributed by atoms with Crippen LogP contribution < -0.4 is 10.2 Å². The van der Waals surface area contributed by atoms with Crippen molar-refractivity contribution in [2.45, 2.75) is 46.7 Å². The predicted octanol–water partition coefficient (Wildman–Crippen LogP) is 3.42. The van der Waals surface area contributed by atoms with Crippen LogP contribution >= 0.6 is 0 Å². The summed E-state index contributed by atoms with van der Waals surface area (Å²) in [5.41, 5.74) is 3.23. The third kappa shape index (κ3) is 3.05. The Morgan fingerprint density at radius 2 is 1.72 bits per heavy atom. The smallest absolute Gasteiger partial charge is 0.0366 e. The first-order valence-corrected chi connectivity index (χ1v) is 7.14. The molecule has 0 bridgehead atoms. The molecule has 1 aliphatic carbocycles. The van der Waals surface area contributed by atoms with Gasteiger partial charge in [0.2, 0.25) is 0 Å². The summed E-state index contributed by atoms with van der Waals surface area (Å²) in [7, 11) is 0. The molecule has 0 amide bonds. The highest BCUT2D eigenvalue weighted by Gasteiger charge is 2.44. The summed E-state index contributed by atoms with van der Waals surface area (Å²) in [6.07, 6.45) is 1.31. The topological polar surface area (TPSA) is 15.3 Å². The Morgan fingerprint density at radius 3 is 2.17 bits per heavy atom. The third-order valence-electron chi connectivity index (χ3n) is 4.13. The van der Waals surface area contributed by atoms with Crippen LogP contribution in [0.5, 0.6) is 0 Å². The third-order valence-corrected chi connectivity index (χ3v) is 4.13. The Morgan fingerprint density at radius 1 is 1.17 bits per heavy atom. The van der Waals surface area contributed by atoms with Gasteiger partial charge in [0.05, 0.1) is 0 Å². The summed E-state index contributed by atoms with van der Waals surface area (Å²) in [4.78, 5) is 2.38. The fraction of sp³-hybridized carbons (Fsp3) is 0.625. The molecule has 0 aromatic heterocycles. The van der Waals surface area contributed by atoms with Crippen molar-refractivity contribution in [3.63, 3.8) is 0 Å². The second-order valence-electron chi connectivity index (χ2n) is 5.96. The average molecular weight is 246 g/mol. The van der Waals surface area contributed by atoms with Crippen LogP contribution in [0.2, 0.25) is 0 Å². The summed E-state index contributed by atoms with van der Waals surface area (Å²) in [6.45, 7) is 12.2. The molecule has 1 fully saturated rings. The van der Waals surface area contributed by atoms with Gasteiger partial charge in [0, 0.05) is 31.4 Å². The number of nitrogens with zero attached hydrogens (tertiary/aromatic N) is 1. The lowest BCUT2D eigenvalue weighted by atomic mass is 10.1. The quantitative estimate of drug-likeness (QED) is 0.827. The number of hydrogen-bond donors (Lipinski definition) is 1. The van der Waals surface area contributed by atoms with E-state index in [-0.39, 0.29) is 0 Å². The van der Waals surface area contributed by atoms with Crippen LogP contribution in [0.4, 0.5) is 5.69 Å². The maximum absolute atomic E-state index is 3.63. The lowest BCUT2D eigenvalue weighted by Crippen LogP contribution is -2.22. The van der Waals surface area contributed by atoms with Crippen LogP contribution in [0, 0.1) is 5.41 Å². The lowest BCUT2D eigenvalue weighted by molar-refractivity contribution is 0.542. The fourth-order valence-corrected chi connectivity index (χ4v) is 2.47. The molecule has 0 spiro atoms. The zero-order valence-electron chi connectivity index (χ0n) is 12.2. The first-order valence-electron chi connectivity index (χ1n) is 7.14. The minimum Gasteiger partial charge on any atom is -0.372 e. The van der Waals surface area contributed by atoms with Crippen LogP contribution in [0.25, 0.3) is 0 Å². The van der Waals surface area contributed by atoms with Crippen molar-refractivity contribution in [2.75, 3.05) is 18.0 Å². The molecule has 1 saturated carbocycles. The van der Waals surface area contributed by atoms with Crippen LogP contribution in [-0.2, 0) is 6.54 Å². The van der Waals surface area contributed by atoms with E-state index in [2.05, 4.69) is 62.2 Å². The molecule has 0 radical (unpaired) electrons. The van der Waals surface area contributed by atoms with Gasteiger partial charge in [-0.25, -0.2) is 0 Å². The van der Waals surface area contributed by atoms with Gasteiger partial charge in [0.15, 0.2) is 0 Å². The zero-order valence-corrected chi connectivity index (χ0v) is 12.2. The SMILES string of the molecule is CCN(CC)c1ccc(CNC2CC2(C)C)cc1. The van der Waals surface area contributed by atoms with E-state index in [1.807, 2.05) is 0 Å². The molecule has 0 saturated heterocycles. The molecule has 1 atom stereocenters. The van der Waals surface area contributed by atoms with Crippen molar-refractivity contribution >= 4 is 5.69 Å². The van der Waals surface area contributed by atoms with Crippen molar-refractivity contribution in [3.05, 3.63) is 29.8 Å². The zero-order chi connectivity index (χ0) is 13.2. The molecule has 2 nitrogen and oxygen atoms in total. The van der Waals surface area contributed by atoms with Gasteiger partial charge < -0.3 is 10.2 Å². The molecule has 100 valence electrons. The Balaban J connectivity index is 1.88. The maximum Gasteiger partial charge on any atom is 0.0366 e. The number of nitrogens with one attached hydrogen (secondary N) is 1. The number of hydrogen-bond acceptors (Lipinski definition) is 2. The first kappa shape index (κ1) is 13.4. The highest BCUT2D eigenvalue weighted by atomic mass is 15.1. The Kier molecular flexibility index (Phi) is 3.96. The van der Waals surface area contributed by atoms with Crippen LogP contribution in [0.1, 0.15) is 39.7 Å². The van der Waals surface area contributed by atoms with Gasteiger partial charge in [-0.1, -0.05) is 26.0 Å². The van der Waals surface area contributed by atoms with E-state index in [4.69, 9.17) is 0 Å². The molecule has 1 N–H and O–H groups in total. The molecule has 0 heterocycles. The summed E-state index contributed by atoms with van der Waals surface area (Å²) >= 11 is 0. The number of anilines is 1. The summed E-state index contributed by atoms with van der Waals surface area (Å²) in [6, 6.07) is 9.68. The molecular formula is C16H26N2. The second-order valence-corrected chi connectivity index (χ2v) is 5.96. The average Bonchev–Trinajstić information content (AvgIpc) is 2.98.